The van der Waals surface area contributed by atoms with Crippen LogP contribution in [0, 0.1) is 0 Å². The minimum absolute atomic E-state index is 0.0610. The molecule has 1 atom stereocenters. The molecule has 1 aromatic carbocycles. The number of halogens is 1. The molecule has 1 amide bonds. The number of amides is 1. The molecule has 2 heterocycles. The number of rotatable bonds is 7. The van der Waals surface area contributed by atoms with E-state index in [9.17, 15) is 9.59 Å². The molecule has 1 fully saturated rings. The topological polar surface area (TPSA) is 76.5 Å². The number of morpholine rings is 1. The summed E-state index contributed by atoms with van der Waals surface area (Å²) < 4.78 is 7.76. The van der Waals surface area contributed by atoms with E-state index in [1.807, 2.05) is 6.07 Å². The van der Waals surface area contributed by atoms with E-state index in [0.717, 1.165) is 37.2 Å². The maximum Gasteiger partial charge on any atom is 0.261 e. The third-order valence-corrected chi connectivity index (χ3v) is 6.06. The minimum atomic E-state index is -0.134. The largest absolute Gasteiger partial charge is 0.379 e. The van der Waals surface area contributed by atoms with Crippen molar-refractivity contribution in [2.24, 2.45) is 0 Å². The molecule has 1 unspecified atom stereocenters. The fraction of sp³-hybridized carbons (Fsp3) is 0.550. The van der Waals surface area contributed by atoms with Gasteiger partial charge in [-0.1, -0.05) is 22.9 Å². The highest BCUT2D eigenvalue weighted by atomic mass is 79.9. The van der Waals surface area contributed by atoms with Crippen molar-refractivity contribution >= 4 is 32.7 Å². The van der Waals surface area contributed by atoms with E-state index in [1.165, 1.54) is 10.9 Å². The van der Waals surface area contributed by atoms with Gasteiger partial charge in [0, 0.05) is 42.6 Å². The number of nitrogens with zero attached hydrogens (tertiary/aromatic N) is 3. The Balaban J connectivity index is 1.59. The van der Waals surface area contributed by atoms with Crippen molar-refractivity contribution in [3.63, 3.8) is 0 Å². The number of carbonyl (C=O) groups is 1. The monoisotopic (exact) mass is 450 g/mol. The van der Waals surface area contributed by atoms with Crippen LogP contribution in [0.1, 0.15) is 26.7 Å². The first kappa shape index (κ1) is 21.0. The van der Waals surface area contributed by atoms with E-state index in [0.29, 0.717) is 24.0 Å². The maximum atomic E-state index is 12.6. The van der Waals surface area contributed by atoms with Crippen molar-refractivity contribution < 1.29 is 9.53 Å². The fourth-order valence-corrected chi connectivity index (χ4v) is 3.81. The van der Waals surface area contributed by atoms with Crippen LogP contribution in [0.25, 0.3) is 10.9 Å². The third kappa shape index (κ3) is 4.79. The molecular weight excluding hydrogens is 424 g/mol. The molecule has 1 N–H and O–H groups in total. The summed E-state index contributed by atoms with van der Waals surface area (Å²) in [6.07, 6.45) is 2.69. The lowest BCUT2D eigenvalue weighted by Gasteiger charge is -2.43. The minimum Gasteiger partial charge on any atom is -0.379 e. The lowest BCUT2D eigenvalue weighted by Crippen LogP contribution is -2.56. The SMILES string of the molecule is CCC(C)(CNC(=O)CCn1cnc2ccc(Br)cc2c1=O)N1CCOCC1. The second-order valence-corrected chi connectivity index (χ2v) is 8.30. The Morgan fingerprint density at radius 3 is 2.82 bits per heavy atom. The predicted molar refractivity (Wildman–Crippen MR) is 112 cm³/mol. The molecule has 1 aromatic heterocycles. The highest BCUT2D eigenvalue weighted by molar-refractivity contribution is 9.10. The van der Waals surface area contributed by atoms with Gasteiger partial charge in [-0.3, -0.25) is 19.1 Å². The van der Waals surface area contributed by atoms with Crippen molar-refractivity contribution in [2.45, 2.75) is 38.8 Å². The first-order valence-electron chi connectivity index (χ1n) is 9.67. The van der Waals surface area contributed by atoms with Crippen LogP contribution in [0.15, 0.2) is 33.8 Å². The lowest BCUT2D eigenvalue weighted by molar-refractivity contribution is -0.122. The summed E-state index contributed by atoms with van der Waals surface area (Å²) in [5.74, 6) is -0.0610. The summed E-state index contributed by atoms with van der Waals surface area (Å²) in [6, 6.07) is 5.41. The molecule has 28 heavy (non-hydrogen) atoms. The number of ether oxygens (including phenoxy) is 1. The van der Waals surface area contributed by atoms with Gasteiger partial charge in [-0.25, -0.2) is 4.98 Å². The van der Waals surface area contributed by atoms with Gasteiger partial charge in [-0.05, 0) is 31.5 Å². The number of carbonyl (C=O) groups excluding carboxylic acids is 1. The van der Waals surface area contributed by atoms with Gasteiger partial charge in [0.25, 0.3) is 5.56 Å². The summed E-state index contributed by atoms with van der Waals surface area (Å²) in [7, 11) is 0. The van der Waals surface area contributed by atoms with Gasteiger partial charge in [0.1, 0.15) is 0 Å². The Labute approximate surface area is 173 Å². The van der Waals surface area contributed by atoms with Gasteiger partial charge >= 0.3 is 0 Å². The Bertz CT molecular complexity index is 895. The van der Waals surface area contributed by atoms with Crippen molar-refractivity contribution in [3.8, 4) is 0 Å². The second-order valence-electron chi connectivity index (χ2n) is 7.38. The second kappa shape index (κ2) is 9.15. The Morgan fingerprint density at radius 2 is 2.11 bits per heavy atom. The van der Waals surface area contributed by atoms with Crippen LogP contribution in [0.5, 0.6) is 0 Å². The number of aryl methyl sites for hydroxylation is 1. The molecular formula is C20H27BrN4O3. The molecule has 0 bridgehead atoms. The molecule has 3 rings (SSSR count). The van der Waals surface area contributed by atoms with E-state index < -0.39 is 0 Å². The van der Waals surface area contributed by atoms with Crippen LogP contribution in [-0.4, -0.2) is 58.7 Å². The average molecular weight is 451 g/mol. The molecule has 7 nitrogen and oxygen atoms in total. The third-order valence-electron chi connectivity index (χ3n) is 5.57. The average Bonchev–Trinajstić information content (AvgIpc) is 2.72. The van der Waals surface area contributed by atoms with E-state index in [-0.39, 0.29) is 23.4 Å². The first-order valence-corrected chi connectivity index (χ1v) is 10.5. The fourth-order valence-electron chi connectivity index (χ4n) is 3.45. The zero-order valence-corrected chi connectivity index (χ0v) is 18.0. The lowest BCUT2D eigenvalue weighted by atomic mass is 9.95. The Kier molecular flexibility index (Phi) is 6.85. The van der Waals surface area contributed by atoms with Crippen molar-refractivity contribution in [1.82, 2.24) is 19.8 Å². The number of hydrogen-bond acceptors (Lipinski definition) is 5. The zero-order valence-electron chi connectivity index (χ0n) is 16.4. The normalized spacial score (nSPS) is 17.4. The van der Waals surface area contributed by atoms with Crippen LogP contribution in [-0.2, 0) is 16.1 Å². The summed E-state index contributed by atoms with van der Waals surface area (Å²) in [4.78, 5) is 31.7. The van der Waals surface area contributed by atoms with Gasteiger partial charge < -0.3 is 10.1 Å². The Morgan fingerprint density at radius 1 is 1.36 bits per heavy atom. The highest BCUT2D eigenvalue weighted by Gasteiger charge is 2.31. The molecule has 1 aliphatic heterocycles. The summed E-state index contributed by atoms with van der Waals surface area (Å²) >= 11 is 3.38. The smallest absolute Gasteiger partial charge is 0.261 e. The summed E-state index contributed by atoms with van der Waals surface area (Å²) in [5, 5.41) is 3.59. The van der Waals surface area contributed by atoms with Gasteiger partial charge in [-0.2, -0.15) is 0 Å². The molecule has 2 aromatic rings. The maximum absolute atomic E-state index is 12.6. The van der Waals surface area contributed by atoms with Crippen molar-refractivity contribution in [3.05, 3.63) is 39.4 Å². The van der Waals surface area contributed by atoms with E-state index in [4.69, 9.17) is 4.74 Å². The predicted octanol–water partition coefficient (Wildman–Crippen LogP) is 2.17. The van der Waals surface area contributed by atoms with Gasteiger partial charge in [-0.15, -0.1) is 0 Å². The molecule has 0 spiro atoms. The van der Waals surface area contributed by atoms with Crippen LogP contribution < -0.4 is 10.9 Å². The zero-order chi connectivity index (χ0) is 20.1. The molecule has 0 radical (unpaired) electrons. The molecule has 1 saturated heterocycles. The van der Waals surface area contributed by atoms with E-state index in [2.05, 4.69) is 45.0 Å². The summed E-state index contributed by atoms with van der Waals surface area (Å²) in [6.45, 7) is 8.44. The number of nitrogens with one attached hydrogen (secondary N) is 1. The Hall–Kier alpha value is -1.77. The molecule has 0 saturated carbocycles. The molecule has 1 aliphatic rings. The number of fused-ring (bicyclic) bond motifs is 1. The van der Waals surface area contributed by atoms with Crippen LogP contribution in [0.2, 0.25) is 0 Å². The van der Waals surface area contributed by atoms with Crippen molar-refractivity contribution in [1.29, 1.82) is 0 Å². The van der Waals surface area contributed by atoms with E-state index in [1.54, 1.807) is 12.1 Å². The van der Waals surface area contributed by atoms with Crippen LogP contribution in [0.4, 0.5) is 0 Å². The summed E-state index contributed by atoms with van der Waals surface area (Å²) in [5.41, 5.74) is 0.427. The van der Waals surface area contributed by atoms with E-state index >= 15 is 0 Å². The van der Waals surface area contributed by atoms with Gasteiger partial charge in [0.15, 0.2) is 0 Å². The number of aromatic nitrogens is 2. The van der Waals surface area contributed by atoms with Gasteiger partial charge in [0.05, 0.1) is 30.4 Å². The highest BCUT2D eigenvalue weighted by Crippen LogP contribution is 2.20. The molecule has 152 valence electrons. The molecule has 0 aliphatic carbocycles. The van der Waals surface area contributed by atoms with Gasteiger partial charge in [0.2, 0.25) is 5.91 Å². The number of benzene rings is 1. The molecule has 8 heteroatoms. The van der Waals surface area contributed by atoms with Crippen molar-refractivity contribution in [2.75, 3.05) is 32.8 Å². The quantitative estimate of drug-likeness (QED) is 0.699. The first-order chi connectivity index (χ1) is 13.4. The van der Waals surface area contributed by atoms with Crippen LogP contribution >= 0.6 is 15.9 Å². The number of hydrogen-bond donors (Lipinski definition) is 1. The van der Waals surface area contributed by atoms with Crippen LogP contribution in [0.3, 0.4) is 0 Å². The standard InChI is InChI=1S/C20H27BrN4O3/c1-3-20(2,25-8-10-28-11-9-25)13-22-18(26)6-7-24-14-23-17-5-4-15(21)12-16(17)19(24)27/h4-5,12,14H,3,6-11,13H2,1-2H3,(H,22,26).